The molecule has 1 heterocycles. The highest BCUT2D eigenvalue weighted by molar-refractivity contribution is 7.89. The number of carbonyl (C=O) groups excluding carboxylic acids is 1. The van der Waals surface area contributed by atoms with E-state index in [1.54, 1.807) is 24.3 Å². The number of rotatable bonds is 5. The van der Waals surface area contributed by atoms with Crippen molar-refractivity contribution >= 4 is 15.9 Å². The molecule has 0 aromatic heterocycles. The minimum Gasteiger partial charge on any atom is -0.348 e. The van der Waals surface area contributed by atoms with Gasteiger partial charge in [-0.2, -0.15) is 4.31 Å². The number of nitrogens with zero attached hydrogens (tertiary/aromatic N) is 1. The fraction of sp³-hybridized carbons (Fsp3) is 0.350. The molecule has 1 aliphatic rings. The van der Waals surface area contributed by atoms with E-state index in [-0.39, 0.29) is 28.7 Å². The summed E-state index contributed by atoms with van der Waals surface area (Å²) in [7, 11) is -3.60. The molecule has 7 heteroatoms. The van der Waals surface area contributed by atoms with E-state index in [0.717, 1.165) is 31.2 Å². The molecule has 1 amide bonds. The molecule has 0 saturated carbocycles. The molecule has 2 aromatic rings. The van der Waals surface area contributed by atoms with Gasteiger partial charge in [-0.1, -0.05) is 31.0 Å². The fourth-order valence-corrected chi connectivity index (χ4v) is 4.68. The van der Waals surface area contributed by atoms with Gasteiger partial charge in [0.2, 0.25) is 10.0 Å². The zero-order valence-corrected chi connectivity index (χ0v) is 15.8. The third-order valence-electron chi connectivity index (χ3n) is 4.67. The summed E-state index contributed by atoms with van der Waals surface area (Å²) in [6.07, 6.45) is 3.80. The molecular formula is C20H23FN2O3S. The average molecular weight is 390 g/mol. The molecule has 0 unspecified atom stereocenters. The van der Waals surface area contributed by atoms with Gasteiger partial charge in [-0.3, -0.25) is 4.79 Å². The molecule has 27 heavy (non-hydrogen) atoms. The van der Waals surface area contributed by atoms with Crippen molar-refractivity contribution < 1.29 is 17.6 Å². The Hall–Kier alpha value is -2.25. The summed E-state index contributed by atoms with van der Waals surface area (Å²) in [5, 5.41) is 2.73. The minimum absolute atomic E-state index is 0.138. The highest BCUT2D eigenvalue weighted by atomic mass is 32.2. The number of hydrogen-bond donors (Lipinski definition) is 1. The number of carbonyl (C=O) groups is 1. The average Bonchev–Trinajstić information content (AvgIpc) is 2.97. The van der Waals surface area contributed by atoms with Gasteiger partial charge in [-0.05, 0) is 48.7 Å². The SMILES string of the molecule is O=C(NCc1ccc(F)cc1)c1cccc(S(=O)(=O)N2CCCCCC2)c1. The Morgan fingerprint density at radius 2 is 1.67 bits per heavy atom. The van der Waals surface area contributed by atoms with Crippen LogP contribution in [0.4, 0.5) is 4.39 Å². The second-order valence-electron chi connectivity index (χ2n) is 6.66. The fourth-order valence-electron chi connectivity index (χ4n) is 3.12. The lowest BCUT2D eigenvalue weighted by Gasteiger charge is -2.20. The van der Waals surface area contributed by atoms with Crippen molar-refractivity contribution in [2.45, 2.75) is 37.1 Å². The minimum atomic E-state index is -3.60. The summed E-state index contributed by atoms with van der Waals surface area (Å²) < 4.78 is 40.2. The molecule has 1 aliphatic heterocycles. The predicted octanol–water partition coefficient (Wildman–Crippen LogP) is 3.32. The van der Waals surface area contributed by atoms with Crippen molar-refractivity contribution in [3.8, 4) is 0 Å². The Labute approximate surface area is 159 Å². The Morgan fingerprint density at radius 1 is 1.00 bits per heavy atom. The summed E-state index contributed by atoms with van der Waals surface area (Å²) in [6.45, 7) is 1.27. The van der Waals surface area contributed by atoms with Crippen LogP contribution in [0.2, 0.25) is 0 Å². The van der Waals surface area contributed by atoms with Crippen molar-refractivity contribution in [3.05, 3.63) is 65.5 Å². The molecule has 0 bridgehead atoms. The number of sulfonamides is 1. The standard InChI is InChI=1S/C20H23FN2O3S/c21-18-10-8-16(9-11-18)15-22-20(24)17-6-5-7-19(14-17)27(25,26)23-12-3-1-2-4-13-23/h5-11,14H,1-4,12-13,15H2,(H,22,24). The largest absolute Gasteiger partial charge is 0.348 e. The van der Waals surface area contributed by atoms with Crippen LogP contribution >= 0.6 is 0 Å². The van der Waals surface area contributed by atoms with Crippen LogP contribution in [0, 0.1) is 5.82 Å². The number of benzene rings is 2. The topological polar surface area (TPSA) is 66.5 Å². The smallest absolute Gasteiger partial charge is 0.251 e. The van der Waals surface area contributed by atoms with Gasteiger partial charge >= 0.3 is 0 Å². The molecule has 0 aliphatic carbocycles. The molecule has 5 nitrogen and oxygen atoms in total. The van der Waals surface area contributed by atoms with Crippen molar-refractivity contribution in [1.82, 2.24) is 9.62 Å². The van der Waals surface area contributed by atoms with Gasteiger partial charge in [0, 0.05) is 25.2 Å². The maximum atomic E-state index is 12.9. The van der Waals surface area contributed by atoms with Crippen LogP contribution in [0.1, 0.15) is 41.6 Å². The molecule has 144 valence electrons. The third-order valence-corrected chi connectivity index (χ3v) is 6.56. The highest BCUT2D eigenvalue weighted by Gasteiger charge is 2.25. The van der Waals surface area contributed by atoms with E-state index < -0.39 is 10.0 Å². The lowest BCUT2D eigenvalue weighted by molar-refractivity contribution is 0.0950. The molecule has 3 rings (SSSR count). The van der Waals surface area contributed by atoms with E-state index in [9.17, 15) is 17.6 Å². The van der Waals surface area contributed by atoms with Gasteiger partial charge in [0.15, 0.2) is 0 Å². The third kappa shape index (κ3) is 4.93. The second kappa shape index (κ2) is 8.63. The lowest BCUT2D eigenvalue weighted by atomic mass is 10.2. The van der Waals surface area contributed by atoms with Gasteiger partial charge in [-0.15, -0.1) is 0 Å². The Bertz CT molecular complexity index is 890. The number of amides is 1. The summed E-state index contributed by atoms with van der Waals surface area (Å²) in [4.78, 5) is 12.5. The lowest BCUT2D eigenvalue weighted by Crippen LogP contribution is -2.32. The van der Waals surface area contributed by atoms with Gasteiger partial charge in [0.25, 0.3) is 5.91 Å². The zero-order valence-electron chi connectivity index (χ0n) is 15.0. The maximum Gasteiger partial charge on any atom is 0.251 e. The first kappa shape index (κ1) is 19.5. The van der Waals surface area contributed by atoms with E-state index in [1.807, 2.05) is 0 Å². The van der Waals surface area contributed by atoms with E-state index in [0.29, 0.717) is 13.1 Å². The van der Waals surface area contributed by atoms with E-state index in [4.69, 9.17) is 0 Å². The molecular weight excluding hydrogens is 367 g/mol. The molecule has 1 N–H and O–H groups in total. The number of nitrogens with one attached hydrogen (secondary N) is 1. The van der Waals surface area contributed by atoms with Gasteiger partial charge in [0.05, 0.1) is 4.90 Å². The van der Waals surface area contributed by atoms with Crippen molar-refractivity contribution in [1.29, 1.82) is 0 Å². The Morgan fingerprint density at radius 3 is 2.33 bits per heavy atom. The Kier molecular flexibility index (Phi) is 6.23. The summed E-state index contributed by atoms with van der Waals surface area (Å²) >= 11 is 0. The molecule has 0 atom stereocenters. The van der Waals surface area contributed by atoms with Gasteiger partial charge < -0.3 is 5.32 Å². The highest BCUT2D eigenvalue weighted by Crippen LogP contribution is 2.21. The summed E-state index contributed by atoms with van der Waals surface area (Å²) in [6, 6.07) is 12.0. The van der Waals surface area contributed by atoms with Crippen LogP contribution in [0.25, 0.3) is 0 Å². The van der Waals surface area contributed by atoms with Crippen LogP contribution < -0.4 is 5.32 Å². The van der Waals surface area contributed by atoms with Crippen molar-refractivity contribution in [2.24, 2.45) is 0 Å². The number of halogens is 1. The molecule has 0 spiro atoms. The summed E-state index contributed by atoms with van der Waals surface area (Å²) in [5.74, 6) is -0.705. The number of hydrogen-bond acceptors (Lipinski definition) is 3. The molecule has 1 saturated heterocycles. The monoisotopic (exact) mass is 390 g/mol. The first-order valence-corrected chi connectivity index (χ1v) is 10.5. The Balaban J connectivity index is 1.72. The van der Waals surface area contributed by atoms with Gasteiger partial charge in [-0.25, -0.2) is 12.8 Å². The van der Waals surface area contributed by atoms with E-state index >= 15 is 0 Å². The first-order valence-electron chi connectivity index (χ1n) is 9.10. The van der Waals surface area contributed by atoms with Crippen LogP contribution in [0.5, 0.6) is 0 Å². The van der Waals surface area contributed by atoms with E-state index in [2.05, 4.69) is 5.32 Å². The second-order valence-corrected chi connectivity index (χ2v) is 8.59. The van der Waals surface area contributed by atoms with Crippen LogP contribution in [0.15, 0.2) is 53.4 Å². The van der Waals surface area contributed by atoms with Crippen molar-refractivity contribution in [3.63, 3.8) is 0 Å². The van der Waals surface area contributed by atoms with Gasteiger partial charge in [0.1, 0.15) is 5.82 Å². The van der Waals surface area contributed by atoms with Crippen molar-refractivity contribution in [2.75, 3.05) is 13.1 Å². The molecule has 1 fully saturated rings. The first-order chi connectivity index (χ1) is 13.0. The van der Waals surface area contributed by atoms with Crippen LogP contribution in [0.3, 0.4) is 0 Å². The predicted molar refractivity (Wildman–Crippen MR) is 101 cm³/mol. The zero-order chi connectivity index (χ0) is 19.3. The van der Waals surface area contributed by atoms with E-state index in [1.165, 1.54) is 28.6 Å². The summed E-state index contributed by atoms with van der Waals surface area (Å²) in [5.41, 5.74) is 1.05. The normalized spacial score (nSPS) is 15.9. The molecule has 2 aromatic carbocycles. The van der Waals surface area contributed by atoms with Crippen LogP contribution in [-0.2, 0) is 16.6 Å². The quantitative estimate of drug-likeness (QED) is 0.852. The molecule has 0 radical (unpaired) electrons. The maximum absolute atomic E-state index is 12.9. The van der Waals surface area contributed by atoms with Crippen LogP contribution in [-0.4, -0.2) is 31.7 Å².